The molecule has 2 rings (SSSR count). The minimum Gasteiger partial charge on any atom is -0.396 e. The van der Waals surface area contributed by atoms with E-state index >= 15 is 0 Å². The van der Waals surface area contributed by atoms with Gasteiger partial charge >= 0.3 is 0 Å². The number of nitrogens with zero attached hydrogens (tertiary/aromatic N) is 1. The Hall–Kier alpha value is -0.610. The second-order valence-electron chi connectivity index (χ2n) is 3.94. The number of rotatable bonds is 2. The van der Waals surface area contributed by atoms with Crippen LogP contribution in [0.2, 0.25) is 0 Å². The highest BCUT2D eigenvalue weighted by Crippen LogP contribution is 2.31. The molecule has 4 nitrogen and oxygen atoms in total. The Morgan fingerprint density at radius 2 is 2.31 bits per heavy atom. The van der Waals surface area contributed by atoms with Crippen LogP contribution in [0.15, 0.2) is 0 Å². The summed E-state index contributed by atoms with van der Waals surface area (Å²) in [5.74, 6) is 0.653. The van der Waals surface area contributed by atoms with Gasteiger partial charge in [-0.1, -0.05) is 0 Å². The number of aliphatic hydroxyl groups is 1. The molecule has 13 heavy (non-hydrogen) atoms. The van der Waals surface area contributed by atoms with E-state index in [4.69, 9.17) is 5.11 Å². The standard InChI is InChI=1S/C9H16N2O2/c12-6-7-3-8(4-7)11-2-1-10-5-9(11)13/h7-8,10,12H,1-6H2/t7-,8-. The van der Waals surface area contributed by atoms with Gasteiger partial charge in [-0.2, -0.15) is 0 Å². The Kier molecular flexibility index (Phi) is 2.51. The van der Waals surface area contributed by atoms with Gasteiger partial charge in [-0.15, -0.1) is 0 Å². The first-order valence-corrected chi connectivity index (χ1v) is 4.92. The van der Waals surface area contributed by atoms with Crippen LogP contribution in [0.1, 0.15) is 12.8 Å². The summed E-state index contributed by atoms with van der Waals surface area (Å²) in [6, 6.07) is 0.409. The van der Waals surface area contributed by atoms with Gasteiger partial charge in [0.1, 0.15) is 0 Å². The van der Waals surface area contributed by atoms with E-state index in [1.165, 1.54) is 0 Å². The molecule has 0 aromatic heterocycles. The third-order valence-corrected chi connectivity index (χ3v) is 3.04. The lowest BCUT2D eigenvalue weighted by atomic mass is 9.79. The van der Waals surface area contributed by atoms with Crippen LogP contribution in [0, 0.1) is 5.92 Å². The first-order chi connectivity index (χ1) is 6.31. The van der Waals surface area contributed by atoms with Gasteiger partial charge in [-0.05, 0) is 18.8 Å². The van der Waals surface area contributed by atoms with Crippen molar-refractivity contribution in [2.24, 2.45) is 5.92 Å². The number of carbonyl (C=O) groups excluding carboxylic acids is 1. The van der Waals surface area contributed by atoms with Gasteiger partial charge in [0.25, 0.3) is 0 Å². The largest absolute Gasteiger partial charge is 0.396 e. The molecule has 0 aromatic rings. The molecule has 0 unspecified atom stereocenters. The molecule has 0 bridgehead atoms. The monoisotopic (exact) mass is 184 g/mol. The first-order valence-electron chi connectivity index (χ1n) is 4.92. The molecular weight excluding hydrogens is 168 g/mol. The molecular formula is C9H16N2O2. The van der Waals surface area contributed by atoms with E-state index in [0.717, 1.165) is 25.9 Å². The molecule has 0 spiro atoms. The molecule has 2 fully saturated rings. The first kappa shape index (κ1) is 8.97. The maximum Gasteiger partial charge on any atom is 0.236 e. The Labute approximate surface area is 77.9 Å². The fraction of sp³-hybridized carbons (Fsp3) is 0.889. The van der Waals surface area contributed by atoms with Crippen molar-refractivity contribution in [1.82, 2.24) is 10.2 Å². The number of hydrogen-bond donors (Lipinski definition) is 2. The smallest absolute Gasteiger partial charge is 0.236 e. The lowest BCUT2D eigenvalue weighted by molar-refractivity contribution is -0.137. The summed E-state index contributed by atoms with van der Waals surface area (Å²) in [5.41, 5.74) is 0. The van der Waals surface area contributed by atoms with Crippen molar-refractivity contribution >= 4 is 5.91 Å². The Balaban J connectivity index is 1.84. The second kappa shape index (κ2) is 3.64. The maximum atomic E-state index is 11.4. The average Bonchev–Trinajstić information content (AvgIpc) is 2.06. The molecule has 0 radical (unpaired) electrons. The van der Waals surface area contributed by atoms with Crippen LogP contribution in [0.5, 0.6) is 0 Å². The quantitative estimate of drug-likeness (QED) is 0.590. The minimum absolute atomic E-state index is 0.215. The van der Waals surface area contributed by atoms with Crippen molar-refractivity contribution in [3.63, 3.8) is 0 Å². The average molecular weight is 184 g/mol. The van der Waals surface area contributed by atoms with Crippen molar-refractivity contribution in [3.8, 4) is 0 Å². The van der Waals surface area contributed by atoms with Crippen molar-refractivity contribution < 1.29 is 9.90 Å². The molecule has 1 heterocycles. The van der Waals surface area contributed by atoms with Gasteiger partial charge in [0.2, 0.25) is 5.91 Å². The SMILES string of the molecule is O=C1CNCCN1[C@H]1C[C@H](CO)C1. The van der Waals surface area contributed by atoms with Crippen LogP contribution in [0.3, 0.4) is 0 Å². The second-order valence-corrected chi connectivity index (χ2v) is 3.94. The summed E-state index contributed by atoms with van der Waals surface area (Å²) < 4.78 is 0. The van der Waals surface area contributed by atoms with Crippen molar-refractivity contribution in [3.05, 3.63) is 0 Å². The summed E-state index contributed by atoms with van der Waals surface area (Å²) in [6.07, 6.45) is 1.98. The predicted octanol–water partition coefficient (Wildman–Crippen LogP) is -0.811. The molecule has 1 saturated heterocycles. The zero-order chi connectivity index (χ0) is 9.26. The number of aliphatic hydroxyl groups excluding tert-OH is 1. The maximum absolute atomic E-state index is 11.4. The molecule has 0 atom stereocenters. The molecule has 1 aliphatic heterocycles. The summed E-state index contributed by atoms with van der Waals surface area (Å²) in [4.78, 5) is 13.4. The molecule has 0 aromatic carbocycles. The lowest BCUT2D eigenvalue weighted by Gasteiger charge is -2.44. The molecule has 1 amide bonds. The highest BCUT2D eigenvalue weighted by atomic mass is 16.3. The lowest BCUT2D eigenvalue weighted by Crippen LogP contribution is -2.56. The summed E-state index contributed by atoms with van der Waals surface area (Å²) in [5, 5.41) is 11.9. The van der Waals surface area contributed by atoms with Crippen LogP contribution in [-0.4, -0.2) is 48.2 Å². The van der Waals surface area contributed by atoms with Crippen LogP contribution in [-0.2, 0) is 4.79 Å². The van der Waals surface area contributed by atoms with E-state index in [9.17, 15) is 4.79 Å². The molecule has 1 saturated carbocycles. The number of hydrogen-bond acceptors (Lipinski definition) is 3. The summed E-state index contributed by atoms with van der Waals surface area (Å²) in [6.45, 7) is 2.50. The third-order valence-electron chi connectivity index (χ3n) is 3.04. The molecule has 2 aliphatic rings. The zero-order valence-corrected chi connectivity index (χ0v) is 7.70. The molecule has 74 valence electrons. The van der Waals surface area contributed by atoms with Crippen LogP contribution >= 0.6 is 0 Å². The normalized spacial score (nSPS) is 34.5. The van der Waals surface area contributed by atoms with Gasteiger partial charge < -0.3 is 15.3 Å². The zero-order valence-electron chi connectivity index (χ0n) is 7.70. The van der Waals surface area contributed by atoms with Gasteiger partial charge in [-0.25, -0.2) is 0 Å². The minimum atomic E-state index is 0.215. The van der Waals surface area contributed by atoms with Crippen molar-refractivity contribution in [2.75, 3.05) is 26.2 Å². The van der Waals surface area contributed by atoms with E-state index in [1.807, 2.05) is 4.90 Å². The Morgan fingerprint density at radius 1 is 1.54 bits per heavy atom. The van der Waals surface area contributed by atoms with E-state index in [-0.39, 0.29) is 12.5 Å². The van der Waals surface area contributed by atoms with Crippen LogP contribution in [0.25, 0.3) is 0 Å². The number of amides is 1. The van der Waals surface area contributed by atoms with Crippen LogP contribution in [0.4, 0.5) is 0 Å². The molecule has 2 N–H and O–H groups in total. The van der Waals surface area contributed by atoms with Crippen molar-refractivity contribution in [1.29, 1.82) is 0 Å². The highest BCUT2D eigenvalue weighted by molar-refractivity contribution is 5.79. The van der Waals surface area contributed by atoms with E-state index in [2.05, 4.69) is 5.32 Å². The molecule has 4 heteroatoms. The Bertz CT molecular complexity index is 202. The summed E-state index contributed by atoms with van der Waals surface area (Å²) in [7, 11) is 0. The van der Waals surface area contributed by atoms with Gasteiger partial charge in [0.15, 0.2) is 0 Å². The van der Waals surface area contributed by atoms with E-state index in [0.29, 0.717) is 18.5 Å². The van der Waals surface area contributed by atoms with Crippen molar-refractivity contribution in [2.45, 2.75) is 18.9 Å². The van der Waals surface area contributed by atoms with Crippen LogP contribution < -0.4 is 5.32 Å². The number of carbonyl (C=O) groups is 1. The van der Waals surface area contributed by atoms with E-state index < -0.39 is 0 Å². The van der Waals surface area contributed by atoms with Gasteiger partial charge in [-0.3, -0.25) is 4.79 Å². The number of nitrogens with one attached hydrogen (secondary N) is 1. The van der Waals surface area contributed by atoms with Gasteiger partial charge in [0, 0.05) is 25.7 Å². The predicted molar refractivity (Wildman–Crippen MR) is 48.2 cm³/mol. The van der Waals surface area contributed by atoms with E-state index in [1.54, 1.807) is 0 Å². The number of piperazine rings is 1. The topological polar surface area (TPSA) is 52.6 Å². The Morgan fingerprint density at radius 3 is 2.92 bits per heavy atom. The fourth-order valence-electron chi connectivity index (χ4n) is 2.11. The third kappa shape index (κ3) is 1.69. The highest BCUT2D eigenvalue weighted by Gasteiger charge is 2.35. The van der Waals surface area contributed by atoms with Gasteiger partial charge in [0.05, 0.1) is 6.54 Å². The molecule has 1 aliphatic carbocycles. The fourth-order valence-corrected chi connectivity index (χ4v) is 2.11. The summed E-state index contributed by atoms with van der Waals surface area (Å²) >= 11 is 0.